The Morgan fingerprint density at radius 1 is 1.00 bits per heavy atom. The maximum absolute atomic E-state index is 6.50. The van der Waals surface area contributed by atoms with Gasteiger partial charge in [-0.2, -0.15) is 4.98 Å². The molecule has 0 atom stereocenters. The van der Waals surface area contributed by atoms with E-state index in [-0.39, 0.29) is 11.5 Å². The molecule has 0 radical (unpaired) electrons. The monoisotopic (exact) mass is 400 g/mol. The first-order valence-electron chi connectivity index (χ1n) is 10.1. The highest BCUT2D eigenvalue weighted by Crippen LogP contribution is 2.43. The molecule has 2 aromatic heterocycles. The molecule has 1 aliphatic rings. The van der Waals surface area contributed by atoms with E-state index in [0.29, 0.717) is 18.0 Å². The van der Waals surface area contributed by atoms with Crippen molar-refractivity contribution in [3.63, 3.8) is 0 Å². The Bertz CT molecular complexity index is 1200. The van der Waals surface area contributed by atoms with E-state index < -0.39 is 0 Å². The SMILES string of the molecule is COCc1nc(N)nc2oc(-c3ccc(C4(N)CCC4)cc3)c(-c3ccccc3)c12. The number of anilines is 1. The van der Waals surface area contributed by atoms with Crippen LogP contribution in [0.15, 0.2) is 59.0 Å². The lowest BCUT2D eigenvalue weighted by Gasteiger charge is -2.38. The Morgan fingerprint density at radius 2 is 1.73 bits per heavy atom. The summed E-state index contributed by atoms with van der Waals surface area (Å²) in [5.74, 6) is 0.902. The first-order valence-corrected chi connectivity index (χ1v) is 10.1. The molecule has 2 aromatic carbocycles. The molecule has 6 heteroatoms. The third kappa shape index (κ3) is 3.05. The third-order valence-corrected chi connectivity index (χ3v) is 5.96. The molecular formula is C24H24N4O2. The van der Waals surface area contributed by atoms with Gasteiger partial charge in [-0.15, -0.1) is 0 Å². The van der Waals surface area contributed by atoms with Crippen molar-refractivity contribution in [3.8, 4) is 22.5 Å². The summed E-state index contributed by atoms with van der Waals surface area (Å²) in [5, 5.41) is 0.825. The minimum absolute atomic E-state index is 0.167. The van der Waals surface area contributed by atoms with Gasteiger partial charge in [-0.3, -0.25) is 0 Å². The summed E-state index contributed by atoms with van der Waals surface area (Å²) in [4.78, 5) is 8.77. The minimum atomic E-state index is -0.194. The van der Waals surface area contributed by atoms with Gasteiger partial charge in [-0.25, -0.2) is 4.98 Å². The molecule has 0 aliphatic heterocycles. The van der Waals surface area contributed by atoms with Crippen molar-refractivity contribution in [2.75, 3.05) is 12.8 Å². The Morgan fingerprint density at radius 3 is 2.37 bits per heavy atom. The van der Waals surface area contributed by atoms with E-state index in [1.807, 2.05) is 18.2 Å². The number of nitrogens with zero attached hydrogens (tertiary/aromatic N) is 2. The van der Waals surface area contributed by atoms with Gasteiger partial charge in [0.25, 0.3) is 0 Å². The Balaban J connectivity index is 1.72. The lowest BCUT2D eigenvalue weighted by molar-refractivity contribution is 0.182. The maximum atomic E-state index is 6.50. The number of ether oxygens (including phenoxy) is 1. The molecule has 4 N–H and O–H groups in total. The number of fused-ring (bicyclic) bond motifs is 1. The Hall–Kier alpha value is -3.22. The highest BCUT2D eigenvalue weighted by atomic mass is 16.5. The van der Waals surface area contributed by atoms with Crippen molar-refractivity contribution in [2.24, 2.45) is 5.73 Å². The van der Waals surface area contributed by atoms with Crippen molar-refractivity contribution >= 4 is 17.0 Å². The number of rotatable bonds is 5. The zero-order valence-corrected chi connectivity index (χ0v) is 16.9. The molecule has 0 spiro atoms. The predicted molar refractivity (Wildman–Crippen MR) is 118 cm³/mol. The fraction of sp³-hybridized carbons (Fsp3) is 0.250. The van der Waals surface area contributed by atoms with Crippen molar-refractivity contribution in [1.29, 1.82) is 0 Å². The normalized spacial score (nSPS) is 15.3. The number of furan rings is 1. The van der Waals surface area contributed by atoms with Crippen molar-refractivity contribution in [3.05, 3.63) is 65.9 Å². The summed E-state index contributed by atoms with van der Waals surface area (Å²) in [6, 6.07) is 18.5. The predicted octanol–water partition coefficient (Wildman–Crippen LogP) is 4.62. The second kappa shape index (κ2) is 7.23. The maximum Gasteiger partial charge on any atom is 0.232 e. The van der Waals surface area contributed by atoms with Crippen molar-refractivity contribution in [2.45, 2.75) is 31.4 Å². The summed E-state index contributed by atoms with van der Waals surface area (Å²) in [5.41, 5.74) is 17.5. The molecule has 0 bridgehead atoms. The first kappa shape index (κ1) is 18.8. The average molecular weight is 400 g/mol. The molecule has 30 heavy (non-hydrogen) atoms. The number of nitrogen functional groups attached to an aromatic ring is 1. The summed E-state index contributed by atoms with van der Waals surface area (Å²) >= 11 is 0. The van der Waals surface area contributed by atoms with E-state index in [1.54, 1.807) is 7.11 Å². The van der Waals surface area contributed by atoms with Gasteiger partial charge in [-0.05, 0) is 30.4 Å². The van der Waals surface area contributed by atoms with Gasteiger partial charge in [0, 0.05) is 23.8 Å². The molecule has 0 saturated heterocycles. The zero-order chi connectivity index (χ0) is 20.7. The molecule has 0 unspecified atom stereocenters. The number of methoxy groups -OCH3 is 1. The van der Waals surface area contributed by atoms with E-state index in [4.69, 9.17) is 20.6 Å². The van der Waals surface area contributed by atoms with Crippen LogP contribution < -0.4 is 11.5 Å². The van der Waals surface area contributed by atoms with Gasteiger partial charge in [0.05, 0.1) is 17.7 Å². The lowest BCUT2D eigenvalue weighted by atomic mass is 9.72. The quantitative estimate of drug-likeness (QED) is 0.507. The van der Waals surface area contributed by atoms with Gasteiger partial charge in [0.2, 0.25) is 11.7 Å². The van der Waals surface area contributed by atoms with Gasteiger partial charge in [0.1, 0.15) is 5.76 Å². The van der Waals surface area contributed by atoms with Crippen LogP contribution in [0.1, 0.15) is 30.5 Å². The largest absolute Gasteiger partial charge is 0.437 e. The van der Waals surface area contributed by atoms with Crippen LogP contribution in [0.25, 0.3) is 33.6 Å². The molecule has 1 fully saturated rings. The Labute approximate surface area is 174 Å². The fourth-order valence-corrected chi connectivity index (χ4v) is 4.21. The van der Waals surface area contributed by atoms with Gasteiger partial charge >= 0.3 is 0 Å². The Kier molecular flexibility index (Phi) is 4.53. The first-order chi connectivity index (χ1) is 14.6. The molecule has 1 aliphatic carbocycles. The van der Waals surface area contributed by atoms with Crippen LogP contribution in [-0.2, 0) is 16.9 Å². The van der Waals surface area contributed by atoms with E-state index in [9.17, 15) is 0 Å². The van der Waals surface area contributed by atoms with Crippen LogP contribution in [0, 0.1) is 0 Å². The molecule has 6 nitrogen and oxygen atoms in total. The number of nitrogens with two attached hydrogens (primary N) is 2. The summed E-state index contributed by atoms with van der Waals surface area (Å²) in [6.07, 6.45) is 3.24. The molecular weight excluding hydrogens is 376 g/mol. The van der Waals surface area contributed by atoms with Crippen LogP contribution in [0.3, 0.4) is 0 Å². The van der Waals surface area contributed by atoms with Crippen LogP contribution in [0.4, 0.5) is 5.95 Å². The number of hydrogen-bond donors (Lipinski definition) is 2. The topological polar surface area (TPSA) is 100 Å². The lowest BCUT2D eigenvalue weighted by Crippen LogP contribution is -2.43. The van der Waals surface area contributed by atoms with Crippen molar-refractivity contribution < 1.29 is 9.15 Å². The zero-order valence-electron chi connectivity index (χ0n) is 16.9. The molecule has 5 rings (SSSR count). The standard InChI is InChI=1S/C24H24N4O2/c1-29-14-18-20-19(15-6-3-2-4-7-15)21(30-22(20)28-23(25)27-18)16-8-10-17(11-9-16)24(26)12-5-13-24/h2-4,6-11H,5,12-14,26H2,1H3,(H2,25,27,28). The van der Waals surface area contributed by atoms with Gasteiger partial charge in [0.15, 0.2) is 0 Å². The van der Waals surface area contributed by atoms with E-state index in [1.165, 1.54) is 12.0 Å². The minimum Gasteiger partial charge on any atom is -0.437 e. The molecule has 2 heterocycles. The molecule has 152 valence electrons. The fourth-order valence-electron chi connectivity index (χ4n) is 4.21. The number of aromatic nitrogens is 2. The molecule has 0 amide bonds. The summed E-state index contributed by atoms with van der Waals surface area (Å²) in [6.45, 7) is 0.316. The van der Waals surface area contributed by atoms with Crippen molar-refractivity contribution in [1.82, 2.24) is 9.97 Å². The highest BCUT2D eigenvalue weighted by Gasteiger charge is 2.34. The van der Waals surface area contributed by atoms with Crippen LogP contribution in [-0.4, -0.2) is 17.1 Å². The molecule has 4 aromatic rings. The number of hydrogen-bond acceptors (Lipinski definition) is 6. The van der Waals surface area contributed by atoms with Crippen LogP contribution >= 0.6 is 0 Å². The smallest absolute Gasteiger partial charge is 0.232 e. The molecule has 1 saturated carbocycles. The van der Waals surface area contributed by atoms with Crippen LogP contribution in [0.2, 0.25) is 0 Å². The summed E-state index contributed by atoms with van der Waals surface area (Å²) in [7, 11) is 1.63. The van der Waals surface area contributed by atoms with E-state index in [0.717, 1.165) is 40.7 Å². The van der Waals surface area contributed by atoms with Gasteiger partial charge in [-0.1, -0.05) is 54.6 Å². The third-order valence-electron chi connectivity index (χ3n) is 5.96. The van der Waals surface area contributed by atoms with E-state index >= 15 is 0 Å². The average Bonchev–Trinajstić information content (AvgIpc) is 3.12. The van der Waals surface area contributed by atoms with E-state index in [2.05, 4.69) is 46.4 Å². The van der Waals surface area contributed by atoms with Gasteiger partial charge < -0.3 is 20.6 Å². The summed E-state index contributed by atoms with van der Waals surface area (Å²) < 4.78 is 11.6. The second-order valence-electron chi connectivity index (χ2n) is 7.90. The number of benzene rings is 2. The highest BCUT2D eigenvalue weighted by molar-refractivity contribution is 6.02. The second-order valence-corrected chi connectivity index (χ2v) is 7.90. The van der Waals surface area contributed by atoms with Crippen LogP contribution in [0.5, 0.6) is 0 Å².